The molecule has 0 bridgehead atoms. The van der Waals surface area contributed by atoms with Gasteiger partial charge in [-0.3, -0.25) is 0 Å². The summed E-state index contributed by atoms with van der Waals surface area (Å²) in [5.74, 6) is 0.890. The van der Waals surface area contributed by atoms with E-state index in [1.165, 1.54) is 0 Å². The predicted molar refractivity (Wildman–Crippen MR) is 99.4 cm³/mol. The van der Waals surface area contributed by atoms with Crippen molar-refractivity contribution in [2.24, 2.45) is 4.99 Å². The third-order valence-electron chi connectivity index (χ3n) is 4.48. The SMILES string of the molecule is CCNC(=NCc1cn2ccccc2n1)N1CCS(=O)(=O)C(C)(C)C1. The molecule has 0 atom stereocenters. The number of rotatable bonds is 3. The van der Waals surface area contributed by atoms with Crippen molar-refractivity contribution < 1.29 is 8.42 Å². The van der Waals surface area contributed by atoms with Gasteiger partial charge in [0.15, 0.2) is 15.8 Å². The number of aliphatic imine (C=N–C) groups is 1. The molecule has 0 amide bonds. The first kappa shape index (κ1) is 17.7. The number of sulfone groups is 1. The zero-order valence-electron chi connectivity index (χ0n) is 14.9. The van der Waals surface area contributed by atoms with E-state index in [-0.39, 0.29) is 5.75 Å². The smallest absolute Gasteiger partial charge is 0.194 e. The molecule has 0 aromatic carbocycles. The van der Waals surface area contributed by atoms with Gasteiger partial charge in [0.05, 0.1) is 22.7 Å². The molecule has 1 saturated heterocycles. The van der Waals surface area contributed by atoms with Gasteiger partial charge < -0.3 is 14.6 Å². The molecular weight excluding hydrogens is 338 g/mol. The quantitative estimate of drug-likeness (QED) is 0.657. The normalized spacial score (nSPS) is 20.0. The molecular formula is C17H25N5O2S. The van der Waals surface area contributed by atoms with Crippen molar-refractivity contribution in [3.05, 3.63) is 36.3 Å². The third kappa shape index (κ3) is 3.63. The molecule has 136 valence electrons. The summed E-state index contributed by atoms with van der Waals surface area (Å²) in [7, 11) is -3.07. The van der Waals surface area contributed by atoms with Crippen molar-refractivity contribution >= 4 is 21.4 Å². The van der Waals surface area contributed by atoms with Gasteiger partial charge in [-0.1, -0.05) is 6.07 Å². The van der Waals surface area contributed by atoms with Gasteiger partial charge in [-0.05, 0) is 32.9 Å². The molecule has 8 heteroatoms. The molecule has 7 nitrogen and oxygen atoms in total. The maximum atomic E-state index is 12.2. The lowest BCUT2D eigenvalue weighted by molar-refractivity contribution is 0.353. The number of nitrogens with zero attached hydrogens (tertiary/aromatic N) is 4. The summed E-state index contributed by atoms with van der Waals surface area (Å²) in [6.07, 6.45) is 3.92. The van der Waals surface area contributed by atoms with Gasteiger partial charge in [0.2, 0.25) is 0 Å². The Balaban J connectivity index is 1.79. The Morgan fingerprint density at radius 1 is 1.40 bits per heavy atom. The summed E-state index contributed by atoms with van der Waals surface area (Å²) in [6.45, 7) is 7.64. The van der Waals surface area contributed by atoms with Gasteiger partial charge in [-0.25, -0.2) is 18.4 Å². The summed E-state index contributed by atoms with van der Waals surface area (Å²) in [5.41, 5.74) is 1.77. The lowest BCUT2D eigenvalue weighted by Crippen LogP contribution is -2.57. The summed E-state index contributed by atoms with van der Waals surface area (Å²) in [4.78, 5) is 11.3. The van der Waals surface area contributed by atoms with Crippen molar-refractivity contribution in [2.45, 2.75) is 32.1 Å². The molecule has 2 aromatic heterocycles. The molecule has 3 rings (SSSR count). The molecule has 3 heterocycles. The van der Waals surface area contributed by atoms with Crippen molar-refractivity contribution in [1.82, 2.24) is 19.6 Å². The van der Waals surface area contributed by atoms with Crippen LogP contribution in [0.1, 0.15) is 26.5 Å². The maximum absolute atomic E-state index is 12.2. The van der Waals surface area contributed by atoms with E-state index >= 15 is 0 Å². The Labute approximate surface area is 148 Å². The van der Waals surface area contributed by atoms with Crippen LogP contribution in [-0.4, -0.2) is 58.8 Å². The average molecular weight is 363 g/mol. The highest BCUT2D eigenvalue weighted by Gasteiger charge is 2.40. The third-order valence-corrected chi connectivity index (χ3v) is 7.02. The number of hydrogen-bond acceptors (Lipinski definition) is 4. The first-order valence-corrected chi connectivity index (χ1v) is 10.2. The van der Waals surface area contributed by atoms with Crippen LogP contribution < -0.4 is 5.32 Å². The van der Waals surface area contributed by atoms with Crippen LogP contribution in [0.2, 0.25) is 0 Å². The van der Waals surface area contributed by atoms with Crippen molar-refractivity contribution in [2.75, 3.05) is 25.4 Å². The largest absolute Gasteiger partial charge is 0.357 e. The zero-order chi connectivity index (χ0) is 18.1. The van der Waals surface area contributed by atoms with Crippen LogP contribution in [-0.2, 0) is 16.4 Å². The number of fused-ring (bicyclic) bond motifs is 1. The van der Waals surface area contributed by atoms with Crippen LogP contribution in [0.15, 0.2) is 35.6 Å². The number of guanidine groups is 1. The van der Waals surface area contributed by atoms with Crippen molar-refractivity contribution in [3.63, 3.8) is 0 Å². The monoisotopic (exact) mass is 363 g/mol. The van der Waals surface area contributed by atoms with E-state index in [1.54, 1.807) is 13.8 Å². The highest BCUT2D eigenvalue weighted by Crippen LogP contribution is 2.23. The van der Waals surface area contributed by atoms with E-state index in [4.69, 9.17) is 0 Å². The second-order valence-corrected chi connectivity index (χ2v) is 9.61. The van der Waals surface area contributed by atoms with E-state index in [1.807, 2.05) is 46.8 Å². The van der Waals surface area contributed by atoms with E-state index < -0.39 is 14.6 Å². The fourth-order valence-electron chi connectivity index (χ4n) is 2.97. The Morgan fingerprint density at radius 2 is 2.20 bits per heavy atom. The van der Waals surface area contributed by atoms with Crippen LogP contribution in [0.3, 0.4) is 0 Å². The first-order valence-electron chi connectivity index (χ1n) is 8.50. The maximum Gasteiger partial charge on any atom is 0.194 e. The molecule has 1 aliphatic rings. The minimum atomic E-state index is -3.07. The van der Waals surface area contributed by atoms with E-state index in [0.717, 1.165) is 23.8 Å². The van der Waals surface area contributed by atoms with Crippen LogP contribution in [0, 0.1) is 0 Å². The summed E-state index contributed by atoms with van der Waals surface area (Å²) in [5, 5.41) is 3.27. The van der Waals surface area contributed by atoms with Gasteiger partial charge in [0.25, 0.3) is 0 Å². The standard InChI is InChI=1S/C17H25N5O2S/c1-4-18-16(22-9-10-25(23,24)17(2,3)13-22)19-11-14-12-21-8-6-5-7-15(21)20-14/h5-8,12H,4,9-11,13H2,1-3H3,(H,18,19). The molecule has 0 unspecified atom stereocenters. The molecule has 0 aliphatic carbocycles. The molecule has 1 N–H and O–H groups in total. The molecule has 2 aromatic rings. The highest BCUT2D eigenvalue weighted by molar-refractivity contribution is 7.92. The van der Waals surface area contributed by atoms with Crippen LogP contribution in [0.4, 0.5) is 0 Å². The van der Waals surface area contributed by atoms with Crippen LogP contribution >= 0.6 is 0 Å². The number of hydrogen-bond donors (Lipinski definition) is 1. The van der Waals surface area contributed by atoms with E-state index in [2.05, 4.69) is 15.3 Å². The van der Waals surface area contributed by atoms with Gasteiger partial charge in [-0.15, -0.1) is 0 Å². The number of imidazole rings is 1. The average Bonchev–Trinajstić information content (AvgIpc) is 2.97. The fraction of sp³-hybridized carbons (Fsp3) is 0.529. The van der Waals surface area contributed by atoms with Crippen molar-refractivity contribution in [1.29, 1.82) is 0 Å². The highest BCUT2D eigenvalue weighted by atomic mass is 32.2. The number of aromatic nitrogens is 2. The van der Waals surface area contributed by atoms with Gasteiger partial charge in [0, 0.05) is 32.0 Å². The topological polar surface area (TPSA) is 79.1 Å². The second-order valence-electron chi connectivity index (χ2n) is 6.87. The molecule has 1 aliphatic heterocycles. The van der Waals surface area contributed by atoms with Crippen LogP contribution in [0.25, 0.3) is 5.65 Å². The fourth-order valence-corrected chi connectivity index (χ4v) is 4.34. The minimum Gasteiger partial charge on any atom is -0.357 e. The van der Waals surface area contributed by atoms with E-state index in [0.29, 0.717) is 19.6 Å². The molecule has 25 heavy (non-hydrogen) atoms. The lowest BCUT2D eigenvalue weighted by Gasteiger charge is -2.39. The van der Waals surface area contributed by atoms with Gasteiger partial charge >= 0.3 is 0 Å². The molecule has 0 saturated carbocycles. The van der Waals surface area contributed by atoms with E-state index in [9.17, 15) is 8.42 Å². The first-order chi connectivity index (χ1) is 11.8. The number of pyridine rings is 1. The summed E-state index contributed by atoms with van der Waals surface area (Å²) < 4.78 is 25.6. The molecule has 1 fully saturated rings. The molecule has 0 radical (unpaired) electrons. The Hall–Kier alpha value is -2.09. The van der Waals surface area contributed by atoms with Gasteiger partial charge in [0.1, 0.15) is 5.65 Å². The summed E-state index contributed by atoms with van der Waals surface area (Å²) in [6, 6.07) is 5.87. The van der Waals surface area contributed by atoms with Crippen LogP contribution in [0.5, 0.6) is 0 Å². The molecule has 0 spiro atoms. The minimum absolute atomic E-state index is 0.152. The van der Waals surface area contributed by atoms with Gasteiger partial charge in [-0.2, -0.15) is 0 Å². The summed E-state index contributed by atoms with van der Waals surface area (Å²) >= 11 is 0. The number of nitrogens with one attached hydrogen (secondary N) is 1. The second kappa shape index (κ2) is 6.67. The Morgan fingerprint density at radius 3 is 2.88 bits per heavy atom. The zero-order valence-corrected chi connectivity index (χ0v) is 15.8. The predicted octanol–water partition coefficient (Wildman–Crippen LogP) is 1.31. The van der Waals surface area contributed by atoms with Crippen molar-refractivity contribution in [3.8, 4) is 0 Å². The lowest BCUT2D eigenvalue weighted by atomic mass is 10.2. The Bertz CT molecular complexity index is 852. The Kier molecular flexibility index (Phi) is 4.73.